The van der Waals surface area contributed by atoms with Crippen molar-refractivity contribution in [1.29, 1.82) is 0 Å². The topological polar surface area (TPSA) is 136 Å². The van der Waals surface area contributed by atoms with Gasteiger partial charge in [0, 0.05) is 0 Å². The first-order valence-electron chi connectivity index (χ1n) is 8.62. The van der Waals surface area contributed by atoms with E-state index < -0.39 is 44.6 Å². The Labute approximate surface area is 177 Å². The number of ether oxygens (including phenoxy) is 2. The van der Waals surface area contributed by atoms with Crippen LogP contribution in [0.5, 0.6) is 0 Å². The highest BCUT2D eigenvalue weighted by molar-refractivity contribution is 7.91. The van der Waals surface area contributed by atoms with Gasteiger partial charge in [-0.3, -0.25) is 4.79 Å². The van der Waals surface area contributed by atoms with Crippen molar-refractivity contribution in [2.24, 2.45) is 0 Å². The Morgan fingerprint density at radius 1 is 1.07 bits per heavy atom. The van der Waals surface area contributed by atoms with E-state index in [0.29, 0.717) is 16.9 Å². The molecule has 9 nitrogen and oxygen atoms in total. The Morgan fingerprint density at radius 3 is 2.13 bits per heavy atom. The summed E-state index contributed by atoms with van der Waals surface area (Å²) in [6.07, 6.45) is -0.524. The summed E-state index contributed by atoms with van der Waals surface area (Å²) in [7, 11) is -2.18. The van der Waals surface area contributed by atoms with Gasteiger partial charge in [-0.2, -0.15) is 0 Å². The van der Waals surface area contributed by atoms with E-state index in [4.69, 9.17) is 0 Å². The zero-order valence-corrected chi connectivity index (χ0v) is 18.3. The number of esters is 2. The predicted molar refractivity (Wildman–Crippen MR) is 108 cm³/mol. The number of carboxylic acid groups (broad SMARTS) is 1. The molecule has 2 aromatic rings. The second kappa shape index (κ2) is 9.37. The Morgan fingerprint density at radius 2 is 1.63 bits per heavy atom. The van der Waals surface area contributed by atoms with Gasteiger partial charge in [-0.1, -0.05) is 29.8 Å². The molecule has 0 aliphatic heterocycles. The number of sulfonamides is 1. The maximum absolute atomic E-state index is 13.1. The summed E-state index contributed by atoms with van der Waals surface area (Å²) < 4.78 is 37.5. The number of carbonyl (C=O) groups excluding carboxylic acids is 2. The van der Waals surface area contributed by atoms with Crippen molar-refractivity contribution < 1.29 is 37.4 Å². The number of thiophene rings is 1. The Bertz CT molecular complexity index is 1070. The Balaban J connectivity index is 2.57. The highest BCUT2D eigenvalue weighted by atomic mass is 32.2. The molecule has 11 heteroatoms. The minimum Gasteiger partial charge on any atom is -0.481 e. The summed E-state index contributed by atoms with van der Waals surface area (Å²) >= 11 is 0.555. The fourth-order valence-corrected chi connectivity index (χ4v) is 5.73. The molecule has 0 radical (unpaired) electrons. The monoisotopic (exact) mass is 455 g/mol. The minimum absolute atomic E-state index is 0.0663. The zero-order chi connectivity index (χ0) is 22.6. The fourth-order valence-electron chi connectivity index (χ4n) is 2.74. The van der Waals surface area contributed by atoms with Crippen LogP contribution >= 0.6 is 11.3 Å². The average Bonchev–Trinajstić information content (AvgIpc) is 3.04. The van der Waals surface area contributed by atoms with Crippen molar-refractivity contribution >= 4 is 39.3 Å². The number of aliphatic carboxylic acids is 1. The molecule has 0 amide bonds. The number of hydrogen-bond donors (Lipinski definition) is 2. The number of rotatable bonds is 8. The van der Waals surface area contributed by atoms with E-state index in [1.165, 1.54) is 6.92 Å². The van der Waals surface area contributed by atoms with Crippen LogP contribution in [0.15, 0.2) is 28.5 Å². The second-order valence-corrected chi connectivity index (χ2v) is 9.31. The molecule has 0 fully saturated rings. The molecule has 0 saturated heterocycles. The van der Waals surface area contributed by atoms with E-state index >= 15 is 0 Å². The Kier molecular flexibility index (Phi) is 7.34. The van der Waals surface area contributed by atoms with Gasteiger partial charge in [-0.05, 0) is 25.0 Å². The van der Waals surface area contributed by atoms with E-state index in [2.05, 4.69) is 14.2 Å². The lowest BCUT2D eigenvalue weighted by molar-refractivity contribution is -0.137. The lowest BCUT2D eigenvalue weighted by Crippen LogP contribution is -2.30. The highest BCUT2D eigenvalue weighted by Gasteiger charge is 2.34. The van der Waals surface area contributed by atoms with Crippen LogP contribution in [0.2, 0.25) is 0 Å². The van der Waals surface area contributed by atoms with Crippen LogP contribution in [0.1, 0.15) is 49.2 Å². The largest absolute Gasteiger partial charge is 0.481 e. The number of aryl methyl sites for hydroxylation is 1. The van der Waals surface area contributed by atoms with E-state index in [9.17, 15) is 27.9 Å². The lowest BCUT2D eigenvalue weighted by Gasteiger charge is -2.18. The van der Waals surface area contributed by atoms with Crippen LogP contribution in [-0.2, 0) is 24.3 Å². The molecule has 1 atom stereocenters. The van der Waals surface area contributed by atoms with Crippen LogP contribution in [0.3, 0.4) is 0 Å². The molecule has 0 bridgehead atoms. The van der Waals surface area contributed by atoms with Crippen LogP contribution in [-0.4, -0.2) is 45.7 Å². The summed E-state index contributed by atoms with van der Waals surface area (Å²) in [5.74, 6) is -2.96. The van der Waals surface area contributed by atoms with Gasteiger partial charge < -0.3 is 14.6 Å². The van der Waals surface area contributed by atoms with Gasteiger partial charge in [-0.25, -0.2) is 22.7 Å². The molecule has 2 N–H and O–H groups in total. The maximum atomic E-state index is 13.1. The number of carbonyl (C=O) groups is 3. The van der Waals surface area contributed by atoms with Crippen LogP contribution < -0.4 is 4.72 Å². The van der Waals surface area contributed by atoms with E-state index in [-0.39, 0.29) is 16.0 Å². The SMILES string of the molecule is COC(=O)c1sc(S(=O)(=O)N[C@@H](CC(=O)O)c2ccc(C)cc2)c(C(=O)OC)c1C. The standard InChI is InChI=1S/C19H21NO8S2/c1-10-5-7-12(8-6-10)13(9-14(21)22)20-30(25,26)19-15(17(23)27-3)11(2)16(29-19)18(24)28-4/h5-8,13,20H,9H2,1-4H3,(H,21,22)/t13-/m0/s1. The number of hydrogen-bond acceptors (Lipinski definition) is 8. The third-order valence-corrected chi connectivity index (χ3v) is 7.54. The molecule has 2 rings (SSSR count). The molecule has 1 heterocycles. The number of nitrogens with one attached hydrogen (secondary N) is 1. The third kappa shape index (κ3) is 5.04. The molecule has 0 aliphatic rings. The smallest absolute Gasteiger partial charge is 0.348 e. The molecule has 0 unspecified atom stereocenters. The third-order valence-electron chi connectivity index (χ3n) is 4.27. The summed E-state index contributed by atoms with van der Waals surface area (Å²) in [5.41, 5.74) is 1.16. The van der Waals surface area contributed by atoms with E-state index in [1.54, 1.807) is 24.3 Å². The molecular formula is C19H21NO8S2. The van der Waals surface area contributed by atoms with Gasteiger partial charge in [0.15, 0.2) is 4.21 Å². The average molecular weight is 456 g/mol. The van der Waals surface area contributed by atoms with Crippen molar-refractivity contribution in [3.05, 3.63) is 51.4 Å². The first-order valence-corrected chi connectivity index (χ1v) is 10.9. The normalized spacial score (nSPS) is 12.3. The van der Waals surface area contributed by atoms with Gasteiger partial charge in [0.2, 0.25) is 0 Å². The molecule has 0 saturated carbocycles. The summed E-state index contributed by atoms with van der Waals surface area (Å²) in [5, 5.41) is 9.23. The van der Waals surface area contributed by atoms with Crippen molar-refractivity contribution in [3.63, 3.8) is 0 Å². The lowest BCUT2D eigenvalue weighted by atomic mass is 10.0. The maximum Gasteiger partial charge on any atom is 0.348 e. The van der Waals surface area contributed by atoms with Gasteiger partial charge in [0.05, 0.1) is 32.2 Å². The van der Waals surface area contributed by atoms with E-state index in [0.717, 1.165) is 19.8 Å². The predicted octanol–water partition coefficient (Wildman–Crippen LogP) is 2.43. The fraction of sp³-hybridized carbons (Fsp3) is 0.316. The Hall–Kier alpha value is -2.76. The quantitative estimate of drug-likeness (QED) is 0.579. The molecule has 1 aromatic carbocycles. The molecule has 1 aromatic heterocycles. The molecule has 30 heavy (non-hydrogen) atoms. The van der Waals surface area contributed by atoms with Crippen LogP contribution in [0.4, 0.5) is 0 Å². The number of methoxy groups -OCH3 is 2. The van der Waals surface area contributed by atoms with Crippen molar-refractivity contribution in [2.45, 2.75) is 30.5 Å². The van der Waals surface area contributed by atoms with Gasteiger partial charge >= 0.3 is 17.9 Å². The first kappa shape index (κ1) is 23.5. The van der Waals surface area contributed by atoms with Gasteiger partial charge in [-0.15, -0.1) is 11.3 Å². The summed E-state index contributed by atoms with van der Waals surface area (Å²) in [6.45, 7) is 3.24. The molecule has 162 valence electrons. The second-order valence-electron chi connectivity index (χ2n) is 6.38. The number of benzene rings is 1. The van der Waals surface area contributed by atoms with Crippen molar-refractivity contribution in [1.82, 2.24) is 4.72 Å². The summed E-state index contributed by atoms with van der Waals surface area (Å²) in [6, 6.07) is 5.59. The summed E-state index contributed by atoms with van der Waals surface area (Å²) in [4.78, 5) is 35.5. The zero-order valence-electron chi connectivity index (χ0n) is 16.7. The van der Waals surface area contributed by atoms with E-state index in [1.807, 2.05) is 6.92 Å². The van der Waals surface area contributed by atoms with Gasteiger partial charge in [0.25, 0.3) is 10.0 Å². The van der Waals surface area contributed by atoms with Crippen LogP contribution in [0, 0.1) is 13.8 Å². The molecule has 0 spiro atoms. The number of carboxylic acids is 1. The van der Waals surface area contributed by atoms with Crippen molar-refractivity contribution in [2.75, 3.05) is 14.2 Å². The van der Waals surface area contributed by atoms with Crippen molar-refractivity contribution in [3.8, 4) is 0 Å². The molecule has 0 aliphatic carbocycles. The van der Waals surface area contributed by atoms with Crippen LogP contribution in [0.25, 0.3) is 0 Å². The first-order chi connectivity index (χ1) is 14.0. The minimum atomic E-state index is -4.40. The molecular weight excluding hydrogens is 434 g/mol. The van der Waals surface area contributed by atoms with Gasteiger partial charge in [0.1, 0.15) is 4.88 Å². The highest BCUT2D eigenvalue weighted by Crippen LogP contribution is 2.34.